The van der Waals surface area contributed by atoms with Crippen molar-refractivity contribution in [2.24, 2.45) is 0 Å². The van der Waals surface area contributed by atoms with Crippen molar-refractivity contribution in [3.8, 4) is 5.75 Å². The van der Waals surface area contributed by atoms with Gasteiger partial charge in [-0.2, -0.15) is 0 Å². The highest BCUT2D eigenvalue weighted by atomic mass is 16.5. The van der Waals surface area contributed by atoms with Gasteiger partial charge in [0.1, 0.15) is 12.4 Å². The second-order valence-electron chi connectivity index (χ2n) is 8.84. The standard InChI is InChI=1S/C28H34O3/c1-30-28(29)12-6-7-21-13-17-26(18-14-21)31-20-25-10-4-5-11-27(25)24-16-15-22-8-2-3-9-23(22)19-24/h13-19H,2-12,20H2,1H3. The van der Waals surface area contributed by atoms with Crippen LogP contribution in [-0.4, -0.2) is 19.7 Å². The van der Waals surface area contributed by atoms with Crippen LogP contribution < -0.4 is 4.74 Å². The van der Waals surface area contributed by atoms with Crippen molar-refractivity contribution in [2.45, 2.75) is 70.6 Å². The first-order valence-electron chi connectivity index (χ1n) is 11.8. The van der Waals surface area contributed by atoms with Gasteiger partial charge in [-0.3, -0.25) is 4.79 Å². The van der Waals surface area contributed by atoms with Crippen molar-refractivity contribution in [1.82, 2.24) is 0 Å². The molecule has 0 fully saturated rings. The third-order valence-electron chi connectivity index (χ3n) is 6.69. The number of aryl methyl sites for hydroxylation is 3. The molecule has 0 atom stereocenters. The highest BCUT2D eigenvalue weighted by molar-refractivity contribution is 5.71. The summed E-state index contributed by atoms with van der Waals surface area (Å²) in [5.41, 5.74) is 8.73. The zero-order valence-corrected chi connectivity index (χ0v) is 18.8. The quantitative estimate of drug-likeness (QED) is 0.461. The number of allylic oxidation sites excluding steroid dienone is 1. The van der Waals surface area contributed by atoms with E-state index >= 15 is 0 Å². The van der Waals surface area contributed by atoms with E-state index in [1.165, 1.54) is 67.9 Å². The van der Waals surface area contributed by atoms with Crippen molar-refractivity contribution < 1.29 is 14.3 Å². The molecular weight excluding hydrogens is 384 g/mol. The molecule has 0 radical (unpaired) electrons. The van der Waals surface area contributed by atoms with Crippen LogP contribution in [0.25, 0.3) is 5.57 Å². The van der Waals surface area contributed by atoms with Crippen LogP contribution >= 0.6 is 0 Å². The molecule has 0 bridgehead atoms. The van der Waals surface area contributed by atoms with Gasteiger partial charge in [0, 0.05) is 6.42 Å². The van der Waals surface area contributed by atoms with Gasteiger partial charge >= 0.3 is 5.97 Å². The lowest BCUT2D eigenvalue weighted by atomic mass is 9.84. The Morgan fingerprint density at radius 3 is 2.42 bits per heavy atom. The van der Waals surface area contributed by atoms with Gasteiger partial charge in [0.15, 0.2) is 0 Å². The summed E-state index contributed by atoms with van der Waals surface area (Å²) in [6.45, 7) is 0.675. The van der Waals surface area contributed by atoms with Crippen LogP contribution in [0.3, 0.4) is 0 Å². The van der Waals surface area contributed by atoms with Crippen LogP contribution in [-0.2, 0) is 28.8 Å². The maximum absolute atomic E-state index is 11.2. The number of rotatable bonds is 8. The van der Waals surface area contributed by atoms with Crippen LogP contribution in [0, 0.1) is 0 Å². The van der Waals surface area contributed by atoms with Gasteiger partial charge in [0.2, 0.25) is 0 Å². The summed E-state index contributed by atoms with van der Waals surface area (Å²) in [6.07, 6.45) is 12.1. The van der Waals surface area contributed by atoms with Crippen molar-refractivity contribution in [3.63, 3.8) is 0 Å². The molecule has 3 nitrogen and oxygen atoms in total. The molecular formula is C28H34O3. The number of carbonyl (C=O) groups excluding carboxylic acids is 1. The summed E-state index contributed by atoms with van der Waals surface area (Å²) in [5, 5.41) is 0. The van der Waals surface area contributed by atoms with E-state index in [1.807, 2.05) is 0 Å². The maximum Gasteiger partial charge on any atom is 0.305 e. The molecule has 4 rings (SSSR count). The average molecular weight is 419 g/mol. The zero-order chi connectivity index (χ0) is 21.5. The number of fused-ring (bicyclic) bond motifs is 1. The highest BCUT2D eigenvalue weighted by Crippen LogP contribution is 2.34. The molecule has 0 unspecified atom stereocenters. The Hall–Kier alpha value is -2.55. The van der Waals surface area contributed by atoms with Crippen molar-refractivity contribution in [1.29, 1.82) is 0 Å². The topological polar surface area (TPSA) is 35.5 Å². The number of methoxy groups -OCH3 is 1. The van der Waals surface area contributed by atoms with Crippen molar-refractivity contribution in [2.75, 3.05) is 13.7 Å². The fraction of sp³-hybridized carbons (Fsp3) is 0.464. The van der Waals surface area contributed by atoms with Gasteiger partial charge in [-0.15, -0.1) is 0 Å². The van der Waals surface area contributed by atoms with Crippen LogP contribution in [0.5, 0.6) is 5.75 Å². The molecule has 0 saturated heterocycles. The van der Waals surface area contributed by atoms with E-state index in [0.717, 1.165) is 31.4 Å². The van der Waals surface area contributed by atoms with Crippen LogP contribution in [0.2, 0.25) is 0 Å². The van der Waals surface area contributed by atoms with Gasteiger partial charge in [-0.05, 0) is 110 Å². The molecule has 0 aromatic heterocycles. The smallest absolute Gasteiger partial charge is 0.305 e. The Morgan fingerprint density at radius 1 is 0.871 bits per heavy atom. The Morgan fingerprint density at radius 2 is 1.61 bits per heavy atom. The van der Waals surface area contributed by atoms with E-state index < -0.39 is 0 Å². The summed E-state index contributed by atoms with van der Waals surface area (Å²) in [7, 11) is 1.44. The molecule has 31 heavy (non-hydrogen) atoms. The lowest BCUT2D eigenvalue weighted by molar-refractivity contribution is -0.140. The number of esters is 1. The second kappa shape index (κ2) is 10.7. The zero-order valence-electron chi connectivity index (χ0n) is 18.8. The molecule has 2 aliphatic rings. The average Bonchev–Trinajstić information content (AvgIpc) is 2.83. The predicted octanol–water partition coefficient (Wildman–Crippen LogP) is 6.47. The molecule has 0 N–H and O–H groups in total. The van der Waals surface area contributed by atoms with Crippen molar-refractivity contribution in [3.05, 3.63) is 70.3 Å². The van der Waals surface area contributed by atoms with E-state index in [1.54, 1.807) is 11.1 Å². The molecule has 0 saturated carbocycles. The largest absolute Gasteiger partial charge is 0.489 e. The monoisotopic (exact) mass is 418 g/mol. The number of hydrogen-bond acceptors (Lipinski definition) is 3. The first kappa shape index (κ1) is 21.7. The van der Waals surface area contributed by atoms with E-state index in [0.29, 0.717) is 13.0 Å². The normalized spacial score (nSPS) is 16.0. The third-order valence-corrected chi connectivity index (χ3v) is 6.69. The van der Waals surface area contributed by atoms with Crippen molar-refractivity contribution >= 4 is 11.5 Å². The molecule has 0 spiro atoms. The summed E-state index contributed by atoms with van der Waals surface area (Å²) in [4.78, 5) is 11.2. The van der Waals surface area contributed by atoms with Gasteiger partial charge in [0.05, 0.1) is 7.11 Å². The van der Waals surface area contributed by atoms with E-state index in [4.69, 9.17) is 9.47 Å². The maximum atomic E-state index is 11.2. The summed E-state index contributed by atoms with van der Waals surface area (Å²) < 4.78 is 10.9. The summed E-state index contributed by atoms with van der Waals surface area (Å²) >= 11 is 0. The summed E-state index contributed by atoms with van der Waals surface area (Å²) in [5.74, 6) is 0.773. The van der Waals surface area contributed by atoms with Crippen LogP contribution in [0.15, 0.2) is 48.0 Å². The molecule has 0 amide bonds. The minimum absolute atomic E-state index is 0.143. The fourth-order valence-electron chi connectivity index (χ4n) is 4.86. The fourth-order valence-corrected chi connectivity index (χ4v) is 4.86. The minimum Gasteiger partial charge on any atom is -0.489 e. The van der Waals surface area contributed by atoms with E-state index in [-0.39, 0.29) is 5.97 Å². The van der Waals surface area contributed by atoms with Gasteiger partial charge in [-0.1, -0.05) is 30.3 Å². The Labute approximate surface area is 186 Å². The highest BCUT2D eigenvalue weighted by Gasteiger charge is 2.17. The Kier molecular flexibility index (Phi) is 7.45. The predicted molar refractivity (Wildman–Crippen MR) is 125 cm³/mol. The number of hydrogen-bond donors (Lipinski definition) is 0. The van der Waals surface area contributed by atoms with Gasteiger partial charge in [-0.25, -0.2) is 0 Å². The van der Waals surface area contributed by atoms with E-state index in [9.17, 15) is 4.79 Å². The molecule has 2 aromatic carbocycles. The SMILES string of the molecule is COC(=O)CCCc1ccc(OCC2=C(c3ccc4c(c3)CCCC4)CCCC2)cc1. The molecule has 0 heterocycles. The van der Waals surface area contributed by atoms with E-state index in [2.05, 4.69) is 42.5 Å². The minimum atomic E-state index is -0.143. The number of benzene rings is 2. The summed E-state index contributed by atoms with van der Waals surface area (Å²) in [6, 6.07) is 15.5. The lowest BCUT2D eigenvalue weighted by Gasteiger charge is -2.23. The molecule has 2 aliphatic carbocycles. The Balaban J connectivity index is 1.39. The number of carbonyl (C=O) groups is 1. The lowest BCUT2D eigenvalue weighted by Crippen LogP contribution is -2.09. The van der Waals surface area contributed by atoms with Gasteiger partial charge in [0.25, 0.3) is 0 Å². The first-order chi connectivity index (χ1) is 15.2. The van der Waals surface area contributed by atoms with Gasteiger partial charge < -0.3 is 9.47 Å². The molecule has 164 valence electrons. The number of ether oxygens (including phenoxy) is 2. The van der Waals surface area contributed by atoms with Crippen LogP contribution in [0.4, 0.5) is 0 Å². The first-order valence-corrected chi connectivity index (χ1v) is 11.8. The van der Waals surface area contributed by atoms with Crippen LogP contribution in [0.1, 0.15) is 73.6 Å². The molecule has 0 aliphatic heterocycles. The second-order valence-corrected chi connectivity index (χ2v) is 8.84. The Bertz CT molecular complexity index is 924. The molecule has 2 aromatic rings. The third kappa shape index (κ3) is 5.78. The molecule has 3 heteroatoms.